The van der Waals surface area contributed by atoms with Crippen molar-refractivity contribution in [3.8, 4) is 0 Å². The highest BCUT2D eigenvalue weighted by Gasteiger charge is 2.16. The van der Waals surface area contributed by atoms with Crippen molar-refractivity contribution in [2.75, 3.05) is 11.0 Å². The van der Waals surface area contributed by atoms with Crippen molar-refractivity contribution < 1.29 is 16.8 Å². The highest BCUT2D eigenvalue weighted by atomic mass is 32.2. The molecule has 0 saturated carbocycles. The summed E-state index contributed by atoms with van der Waals surface area (Å²) >= 11 is 0. The zero-order valence-electron chi connectivity index (χ0n) is 9.73. The first-order chi connectivity index (χ1) is 8.79. The van der Waals surface area contributed by atoms with Crippen LogP contribution in [0.15, 0.2) is 40.9 Å². The van der Waals surface area contributed by atoms with Crippen LogP contribution in [0.4, 0.5) is 5.69 Å². The van der Waals surface area contributed by atoms with Gasteiger partial charge in [-0.3, -0.25) is 4.72 Å². The summed E-state index contributed by atoms with van der Waals surface area (Å²) in [6.45, 7) is 0. The first kappa shape index (κ1) is 13.5. The Balaban J connectivity index is 2.26. The number of sulfone groups is 1. The van der Waals surface area contributed by atoms with Crippen molar-refractivity contribution in [2.24, 2.45) is 0 Å². The maximum atomic E-state index is 11.8. The molecule has 0 amide bonds. The van der Waals surface area contributed by atoms with Gasteiger partial charge in [0.2, 0.25) is 0 Å². The Kier molecular flexibility index (Phi) is 3.28. The lowest BCUT2D eigenvalue weighted by Gasteiger charge is -2.06. The summed E-state index contributed by atoms with van der Waals surface area (Å²) in [5.41, 5.74) is 0.155. The third kappa shape index (κ3) is 3.09. The smallest absolute Gasteiger partial charge is 0.279 e. The first-order valence-corrected chi connectivity index (χ1v) is 8.34. The Labute approximate surface area is 109 Å². The largest absolute Gasteiger partial charge is 0.334 e. The Morgan fingerprint density at radius 2 is 1.89 bits per heavy atom. The summed E-state index contributed by atoms with van der Waals surface area (Å²) in [4.78, 5) is 9.74. The number of rotatable bonds is 4. The minimum atomic E-state index is -3.78. The summed E-state index contributed by atoms with van der Waals surface area (Å²) in [7, 11) is -7.19. The topological polar surface area (TPSA) is 122 Å². The molecule has 0 aliphatic carbocycles. The summed E-state index contributed by atoms with van der Waals surface area (Å²) in [6, 6.07) is 2.54. The van der Waals surface area contributed by atoms with Crippen LogP contribution >= 0.6 is 0 Å². The zero-order valence-corrected chi connectivity index (χ0v) is 11.4. The number of imidazole rings is 1. The van der Waals surface area contributed by atoms with E-state index in [-0.39, 0.29) is 15.7 Å². The summed E-state index contributed by atoms with van der Waals surface area (Å²) < 4.78 is 48.3. The Hall–Kier alpha value is -1.94. The average molecular weight is 302 g/mol. The van der Waals surface area contributed by atoms with E-state index in [0.717, 1.165) is 18.6 Å². The number of pyridine rings is 1. The standard InChI is InChI=1S/C9H10N4O4S2/c1-18(14,15)8-3-2-7(4-11-8)13-19(16,17)9-5-10-6-12-9/h2-6,13H,1H3,(H,10,12). The van der Waals surface area contributed by atoms with Gasteiger partial charge in [0, 0.05) is 6.26 Å². The van der Waals surface area contributed by atoms with E-state index in [1.807, 2.05) is 0 Å². The average Bonchev–Trinajstić information content (AvgIpc) is 2.82. The molecule has 2 rings (SSSR count). The van der Waals surface area contributed by atoms with Crippen molar-refractivity contribution in [2.45, 2.75) is 10.1 Å². The van der Waals surface area contributed by atoms with E-state index in [4.69, 9.17) is 0 Å². The maximum absolute atomic E-state index is 11.8. The number of aromatic nitrogens is 3. The van der Waals surface area contributed by atoms with Crippen LogP contribution < -0.4 is 4.72 Å². The van der Waals surface area contributed by atoms with Gasteiger partial charge in [0.1, 0.15) is 0 Å². The van der Waals surface area contributed by atoms with Crippen molar-refractivity contribution in [1.82, 2.24) is 15.0 Å². The second-order valence-corrected chi connectivity index (χ2v) is 7.29. The Bertz CT molecular complexity index is 764. The van der Waals surface area contributed by atoms with Gasteiger partial charge in [-0.2, -0.15) is 8.42 Å². The van der Waals surface area contributed by atoms with Crippen LogP contribution in [0.1, 0.15) is 0 Å². The van der Waals surface area contributed by atoms with E-state index >= 15 is 0 Å². The van der Waals surface area contributed by atoms with E-state index < -0.39 is 19.9 Å². The van der Waals surface area contributed by atoms with E-state index in [1.165, 1.54) is 18.5 Å². The van der Waals surface area contributed by atoms with Crippen LogP contribution in [-0.2, 0) is 19.9 Å². The van der Waals surface area contributed by atoms with Gasteiger partial charge in [0.05, 0.1) is 24.4 Å². The lowest BCUT2D eigenvalue weighted by Crippen LogP contribution is -2.13. The normalized spacial score (nSPS) is 12.3. The molecular formula is C9H10N4O4S2. The predicted octanol–water partition coefficient (Wildman–Crippen LogP) is 0.00900. The number of anilines is 1. The summed E-state index contributed by atoms with van der Waals surface area (Å²) in [5, 5.41) is -0.225. The van der Waals surface area contributed by atoms with Crippen molar-refractivity contribution in [3.63, 3.8) is 0 Å². The molecule has 0 aliphatic rings. The monoisotopic (exact) mass is 302 g/mol. The van der Waals surface area contributed by atoms with Gasteiger partial charge in [-0.1, -0.05) is 0 Å². The SMILES string of the molecule is CS(=O)(=O)c1ccc(NS(=O)(=O)c2cnc[nH]2)cn1. The molecule has 2 aromatic heterocycles. The molecule has 2 heterocycles. The number of nitrogens with zero attached hydrogens (tertiary/aromatic N) is 2. The van der Waals surface area contributed by atoms with Crippen LogP contribution in [0.5, 0.6) is 0 Å². The van der Waals surface area contributed by atoms with E-state index in [1.54, 1.807) is 0 Å². The molecule has 0 spiro atoms. The molecule has 0 unspecified atom stereocenters. The van der Waals surface area contributed by atoms with Crippen LogP contribution in [0.3, 0.4) is 0 Å². The van der Waals surface area contributed by atoms with Crippen LogP contribution in [-0.4, -0.2) is 38.0 Å². The highest BCUT2D eigenvalue weighted by molar-refractivity contribution is 7.92. The minimum Gasteiger partial charge on any atom is -0.334 e. The van der Waals surface area contributed by atoms with Crippen molar-refractivity contribution >= 4 is 25.5 Å². The van der Waals surface area contributed by atoms with Gasteiger partial charge in [0.15, 0.2) is 19.9 Å². The molecule has 0 saturated heterocycles. The van der Waals surface area contributed by atoms with Gasteiger partial charge >= 0.3 is 0 Å². The number of hydrogen-bond donors (Lipinski definition) is 2. The minimum absolute atomic E-state index is 0.0975. The third-order valence-electron chi connectivity index (χ3n) is 2.13. The van der Waals surface area contributed by atoms with Crippen LogP contribution in [0, 0.1) is 0 Å². The van der Waals surface area contributed by atoms with Gasteiger partial charge < -0.3 is 4.98 Å². The molecule has 0 aromatic carbocycles. The quantitative estimate of drug-likeness (QED) is 0.820. The Morgan fingerprint density at radius 3 is 2.37 bits per heavy atom. The Morgan fingerprint density at radius 1 is 1.16 bits per heavy atom. The highest BCUT2D eigenvalue weighted by Crippen LogP contribution is 2.14. The fraction of sp³-hybridized carbons (Fsp3) is 0.111. The zero-order chi connectivity index (χ0) is 14.1. The molecule has 0 atom stereocenters. The molecule has 102 valence electrons. The van der Waals surface area contributed by atoms with Crippen molar-refractivity contribution in [1.29, 1.82) is 0 Å². The molecule has 8 nitrogen and oxygen atoms in total. The number of hydrogen-bond acceptors (Lipinski definition) is 6. The van der Waals surface area contributed by atoms with Crippen molar-refractivity contribution in [3.05, 3.63) is 30.9 Å². The first-order valence-electron chi connectivity index (χ1n) is 4.96. The molecule has 0 aliphatic heterocycles. The third-order valence-corrected chi connectivity index (χ3v) is 4.44. The molecule has 0 radical (unpaired) electrons. The second-order valence-electron chi connectivity index (χ2n) is 3.68. The fourth-order valence-electron chi connectivity index (χ4n) is 1.26. The summed E-state index contributed by atoms with van der Waals surface area (Å²) in [5.74, 6) is 0. The number of nitrogens with one attached hydrogen (secondary N) is 2. The molecule has 0 fully saturated rings. The lowest BCUT2D eigenvalue weighted by molar-refractivity contribution is 0.597. The van der Waals surface area contributed by atoms with E-state index in [0.29, 0.717) is 0 Å². The van der Waals surface area contributed by atoms with E-state index in [2.05, 4.69) is 19.7 Å². The van der Waals surface area contributed by atoms with Crippen LogP contribution in [0.2, 0.25) is 0 Å². The summed E-state index contributed by atoms with van der Waals surface area (Å²) in [6.07, 6.45) is 4.54. The van der Waals surface area contributed by atoms with E-state index in [9.17, 15) is 16.8 Å². The van der Waals surface area contributed by atoms with Gasteiger partial charge in [-0.25, -0.2) is 18.4 Å². The molecular weight excluding hydrogens is 292 g/mol. The predicted molar refractivity (Wildman–Crippen MR) is 66.7 cm³/mol. The molecule has 10 heteroatoms. The number of sulfonamides is 1. The number of H-pyrrole nitrogens is 1. The lowest BCUT2D eigenvalue weighted by atomic mass is 10.4. The molecule has 2 aromatic rings. The van der Waals surface area contributed by atoms with Gasteiger partial charge in [-0.15, -0.1) is 0 Å². The molecule has 0 bridgehead atoms. The fourth-order valence-corrected chi connectivity index (χ4v) is 2.77. The van der Waals surface area contributed by atoms with Gasteiger partial charge in [0.25, 0.3) is 10.0 Å². The maximum Gasteiger partial charge on any atom is 0.279 e. The van der Waals surface area contributed by atoms with Crippen LogP contribution in [0.25, 0.3) is 0 Å². The second kappa shape index (κ2) is 4.63. The number of aromatic amines is 1. The molecule has 19 heavy (non-hydrogen) atoms. The van der Waals surface area contributed by atoms with Gasteiger partial charge in [-0.05, 0) is 12.1 Å². The molecule has 2 N–H and O–H groups in total.